The first-order valence-corrected chi connectivity index (χ1v) is 15.4. The predicted octanol–water partition coefficient (Wildman–Crippen LogP) is 7.83. The predicted molar refractivity (Wildman–Crippen MR) is 180 cm³/mol. The molecule has 1 aromatic heterocycles. The number of ether oxygens (including phenoxy) is 2. The van der Waals surface area contributed by atoms with E-state index in [2.05, 4.69) is 26.1 Å². The summed E-state index contributed by atoms with van der Waals surface area (Å²) in [7, 11) is 0. The van der Waals surface area contributed by atoms with Gasteiger partial charge >= 0.3 is 0 Å². The standard InChI is InChI=1S/C34H29ClFN5O4S/c1-3-44-30-17-22(16-28(35)32(30)45-19-31(42)38-26-14-10-25(36)11-15-26)18-37-41-33(43)24-8-6-23(7-9-24)29-20-46-34(40-29)39-27-12-4-21(2)5-13-27/h4-18,20H,3,19H2,1-2H3,(H,38,42)(H,39,40)(H,41,43)/b37-18+. The van der Waals surface area contributed by atoms with Crippen molar-refractivity contribution >= 4 is 57.5 Å². The fourth-order valence-corrected chi connectivity index (χ4v) is 5.19. The lowest BCUT2D eigenvalue weighted by atomic mass is 10.1. The summed E-state index contributed by atoms with van der Waals surface area (Å²) >= 11 is 7.94. The molecule has 4 aromatic carbocycles. The molecule has 5 aromatic rings. The van der Waals surface area contributed by atoms with E-state index in [1.54, 1.807) is 31.2 Å². The van der Waals surface area contributed by atoms with Gasteiger partial charge < -0.3 is 20.1 Å². The smallest absolute Gasteiger partial charge is 0.271 e. The van der Waals surface area contributed by atoms with Crippen LogP contribution in [0.15, 0.2) is 95.4 Å². The van der Waals surface area contributed by atoms with Crippen LogP contribution in [-0.4, -0.2) is 36.2 Å². The molecule has 0 saturated carbocycles. The largest absolute Gasteiger partial charge is 0.490 e. The van der Waals surface area contributed by atoms with Crippen molar-refractivity contribution in [2.45, 2.75) is 13.8 Å². The van der Waals surface area contributed by atoms with Crippen molar-refractivity contribution in [1.82, 2.24) is 10.4 Å². The lowest BCUT2D eigenvalue weighted by molar-refractivity contribution is -0.118. The van der Waals surface area contributed by atoms with Gasteiger partial charge in [-0.3, -0.25) is 9.59 Å². The molecule has 0 saturated heterocycles. The number of thiazole rings is 1. The number of halogens is 2. The number of carbonyl (C=O) groups excluding carboxylic acids is 2. The Balaban J connectivity index is 1.17. The van der Waals surface area contributed by atoms with E-state index in [1.807, 2.05) is 48.7 Å². The molecule has 0 spiro atoms. The van der Waals surface area contributed by atoms with E-state index in [0.29, 0.717) is 29.2 Å². The topological polar surface area (TPSA) is 114 Å². The number of nitrogens with one attached hydrogen (secondary N) is 3. The third kappa shape index (κ3) is 8.68. The molecule has 234 valence electrons. The van der Waals surface area contributed by atoms with Crippen molar-refractivity contribution in [2.24, 2.45) is 5.10 Å². The number of anilines is 3. The lowest BCUT2D eigenvalue weighted by Gasteiger charge is -2.14. The van der Waals surface area contributed by atoms with E-state index < -0.39 is 17.6 Å². The molecule has 0 fully saturated rings. The first-order valence-electron chi connectivity index (χ1n) is 14.1. The monoisotopic (exact) mass is 657 g/mol. The molecule has 46 heavy (non-hydrogen) atoms. The van der Waals surface area contributed by atoms with Crippen molar-refractivity contribution in [3.63, 3.8) is 0 Å². The van der Waals surface area contributed by atoms with Crippen molar-refractivity contribution in [2.75, 3.05) is 23.8 Å². The van der Waals surface area contributed by atoms with Gasteiger partial charge in [0.15, 0.2) is 23.2 Å². The minimum atomic E-state index is -0.460. The highest BCUT2D eigenvalue weighted by Gasteiger charge is 2.15. The Bertz CT molecular complexity index is 1850. The molecule has 0 bridgehead atoms. The van der Waals surface area contributed by atoms with E-state index in [-0.39, 0.29) is 17.4 Å². The third-order valence-corrected chi connectivity index (χ3v) is 7.48. The van der Waals surface area contributed by atoms with Gasteiger partial charge in [-0.25, -0.2) is 14.8 Å². The molecule has 0 aliphatic rings. The number of hydrogen-bond acceptors (Lipinski definition) is 8. The van der Waals surface area contributed by atoms with E-state index in [9.17, 15) is 14.0 Å². The van der Waals surface area contributed by atoms with Crippen LogP contribution in [0.25, 0.3) is 11.3 Å². The van der Waals surface area contributed by atoms with Crippen molar-refractivity contribution < 1.29 is 23.5 Å². The van der Waals surface area contributed by atoms with Crippen LogP contribution in [0.4, 0.5) is 20.9 Å². The molecule has 2 amide bonds. The first kappa shape index (κ1) is 32.1. The number of aryl methyl sites for hydroxylation is 1. The first-order chi connectivity index (χ1) is 22.3. The van der Waals surface area contributed by atoms with Gasteiger partial charge in [0, 0.05) is 27.9 Å². The Morgan fingerprint density at radius 1 is 0.978 bits per heavy atom. The molecule has 0 radical (unpaired) electrons. The Hall–Kier alpha value is -5.26. The van der Waals surface area contributed by atoms with Gasteiger partial charge in [0.2, 0.25) is 0 Å². The van der Waals surface area contributed by atoms with Crippen molar-refractivity contribution in [1.29, 1.82) is 0 Å². The van der Waals surface area contributed by atoms with E-state index in [1.165, 1.54) is 47.4 Å². The Morgan fingerprint density at radius 2 is 1.70 bits per heavy atom. The zero-order valence-corrected chi connectivity index (χ0v) is 26.4. The summed E-state index contributed by atoms with van der Waals surface area (Å²) in [6.45, 7) is 3.79. The summed E-state index contributed by atoms with van der Waals surface area (Å²) in [6, 6.07) is 23.7. The van der Waals surface area contributed by atoms with Gasteiger partial charge in [0.25, 0.3) is 11.8 Å². The van der Waals surface area contributed by atoms with Crippen LogP contribution >= 0.6 is 22.9 Å². The fraction of sp³-hybridized carbons (Fsp3) is 0.118. The molecule has 12 heteroatoms. The summed E-state index contributed by atoms with van der Waals surface area (Å²) in [5.74, 6) is -0.790. The Labute approximate surface area is 274 Å². The summed E-state index contributed by atoms with van der Waals surface area (Å²) in [4.78, 5) is 29.7. The van der Waals surface area contributed by atoms with E-state index in [0.717, 1.165) is 22.1 Å². The molecule has 5 rings (SSSR count). The minimum Gasteiger partial charge on any atom is -0.490 e. The van der Waals surface area contributed by atoms with Gasteiger partial charge in [-0.2, -0.15) is 5.10 Å². The van der Waals surface area contributed by atoms with Gasteiger partial charge in [-0.05, 0) is 80.1 Å². The highest BCUT2D eigenvalue weighted by atomic mass is 35.5. The van der Waals surface area contributed by atoms with E-state index >= 15 is 0 Å². The van der Waals surface area contributed by atoms with Gasteiger partial charge in [0.1, 0.15) is 5.82 Å². The normalized spacial score (nSPS) is 10.9. The molecule has 0 aliphatic heterocycles. The number of aromatic nitrogens is 1. The quantitative estimate of drug-likeness (QED) is 0.0931. The Morgan fingerprint density at radius 3 is 2.41 bits per heavy atom. The number of carbonyl (C=O) groups is 2. The Kier molecular flexibility index (Phi) is 10.6. The zero-order chi connectivity index (χ0) is 32.5. The second kappa shape index (κ2) is 15.2. The molecule has 0 atom stereocenters. The minimum absolute atomic E-state index is 0.178. The molecule has 0 aliphatic carbocycles. The number of benzene rings is 4. The van der Waals surface area contributed by atoms with Crippen LogP contribution < -0.4 is 25.5 Å². The second-order valence-electron chi connectivity index (χ2n) is 9.91. The third-order valence-electron chi connectivity index (χ3n) is 6.44. The summed E-state index contributed by atoms with van der Waals surface area (Å²) in [5, 5.41) is 12.9. The maximum Gasteiger partial charge on any atom is 0.271 e. The molecule has 0 unspecified atom stereocenters. The van der Waals surface area contributed by atoms with Crippen LogP contribution in [0.1, 0.15) is 28.4 Å². The number of hydrazone groups is 1. The number of rotatable bonds is 12. The number of amides is 2. The number of nitrogens with zero attached hydrogens (tertiary/aromatic N) is 2. The molecular formula is C34H29ClFN5O4S. The van der Waals surface area contributed by atoms with Crippen LogP contribution in [-0.2, 0) is 4.79 Å². The van der Waals surface area contributed by atoms with Crippen LogP contribution in [0, 0.1) is 12.7 Å². The van der Waals surface area contributed by atoms with Crippen LogP contribution in [0.2, 0.25) is 5.02 Å². The number of hydrogen-bond donors (Lipinski definition) is 3. The lowest BCUT2D eigenvalue weighted by Crippen LogP contribution is -2.20. The molecule has 9 nitrogen and oxygen atoms in total. The summed E-state index contributed by atoms with van der Waals surface area (Å²) < 4.78 is 24.4. The maximum atomic E-state index is 13.1. The van der Waals surface area contributed by atoms with Crippen LogP contribution in [0.5, 0.6) is 11.5 Å². The summed E-state index contributed by atoms with van der Waals surface area (Å²) in [6.07, 6.45) is 1.42. The molecule has 1 heterocycles. The van der Waals surface area contributed by atoms with Gasteiger partial charge in [0.05, 0.1) is 23.5 Å². The zero-order valence-electron chi connectivity index (χ0n) is 24.8. The average molecular weight is 658 g/mol. The van der Waals surface area contributed by atoms with Crippen molar-refractivity contribution in [3.8, 4) is 22.8 Å². The average Bonchev–Trinajstić information content (AvgIpc) is 3.51. The summed E-state index contributed by atoms with van der Waals surface area (Å²) in [5.41, 5.74) is 7.71. The van der Waals surface area contributed by atoms with Crippen LogP contribution in [0.3, 0.4) is 0 Å². The van der Waals surface area contributed by atoms with Gasteiger partial charge in [-0.1, -0.05) is 41.4 Å². The van der Waals surface area contributed by atoms with Crippen molar-refractivity contribution in [3.05, 3.63) is 118 Å². The highest BCUT2D eigenvalue weighted by Crippen LogP contribution is 2.36. The van der Waals surface area contributed by atoms with E-state index in [4.69, 9.17) is 21.1 Å². The second-order valence-corrected chi connectivity index (χ2v) is 11.2. The molecule has 3 N–H and O–H groups in total. The SMILES string of the molecule is CCOc1cc(/C=N/NC(=O)c2ccc(-c3csc(Nc4ccc(C)cc4)n3)cc2)cc(Cl)c1OCC(=O)Nc1ccc(F)cc1. The molecular weight excluding hydrogens is 629 g/mol. The maximum absolute atomic E-state index is 13.1. The fourth-order valence-electron chi connectivity index (χ4n) is 4.18. The highest BCUT2D eigenvalue weighted by molar-refractivity contribution is 7.14. The van der Waals surface area contributed by atoms with Gasteiger partial charge in [-0.15, -0.1) is 11.3 Å².